The third-order valence-electron chi connectivity index (χ3n) is 3.06. The Morgan fingerprint density at radius 3 is 2.86 bits per heavy atom. The quantitative estimate of drug-likeness (QED) is 0.667. The fraction of sp³-hybridized carbons (Fsp3) is 0.125. The average Bonchev–Trinajstić information content (AvgIpc) is 2.54. The number of para-hydroxylation sites is 2. The molecule has 6 nitrogen and oxygen atoms in total. The van der Waals surface area contributed by atoms with Crippen LogP contribution in [0.5, 0.6) is 17.2 Å². The lowest BCUT2D eigenvalue weighted by molar-refractivity contribution is -0.130. The van der Waals surface area contributed by atoms with Gasteiger partial charge >= 0.3 is 0 Å². The third-order valence-corrected chi connectivity index (χ3v) is 3.06. The highest BCUT2D eigenvalue weighted by atomic mass is 16.6. The van der Waals surface area contributed by atoms with Gasteiger partial charge in [0.25, 0.3) is 5.91 Å². The van der Waals surface area contributed by atoms with Crippen LogP contribution in [0.25, 0.3) is 0 Å². The van der Waals surface area contributed by atoms with Crippen molar-refractivity contribution in [2.45, 2.75) is 6.10 Å². The standard InChI is InChI=1S/C16H14N2O4/c19-12-5-3-4-11(8-12)9-17-18-16(20)15-10-21-13-6-1-2-7-14(13)22-15/h1-9,15,19H,10H2,(H,18,20)/b17-9+/t15-/m0/s1. The minimum atomic E-state index is -0.753. The Hall–Kier alpha value is -3.02. The summed E-state index contributed by atoms with van der Waals surface area (Å²) in [5.74, 6) is 0.891. The summed E-state index contributed by atoms with van der Waals surface area (Å²) in [6.07, 6.45) is 0.686. The van der Waals surface area contributed by atoms with Crippen LogP contribution >= 0.6 is 0 Å². The number of phenols is 1. The summed E-state index contributed by atoms with van der Waals surface area (Å²) in [7, 11) is 0. The first-order valence-corrected chi connectivity index (χ1v) is 6.73. The Labute approximate surface area is 127 Å². The van der Waals surface area contributed by atoms with Crippen LogP contribution in [0.15, 0.2) is 53.6 Å². The lowest BCUT2D eigenvalue weighted by Crippen LogP contribution is -2.42. The van der Waals surface area contributed by atoms with E-state index in [1.54, 1.807) is 30.3 Å². The van der Waals surface area contributed by atoms with E-state index in [0.717, 1.165) is 0 Å². The molecule has 0 aliphatic carbocycles. The number of benzene rings is 2. The van der Waals surface area contributed by atoms with Gasteiger partial charge in [0.05, 0.1) is 6.21 Å². The molecule has 22 heavy (non-hydrogen) atoms. The molecule has 2 aromatic carbocycles. The number of phenolic OH excluding ortho intramolecular Hbond substituents is 1. The minimum Gasteiger partial charge on any atom is -0.508 e. The molecule has 2 aromatic rings. The van der Waals surface area contributed by atoms with E-state index in [1.807, 2.05) is 12.1 Å². The fourth-order valence-corrected chi connectivity index (χ4v) is 2.00. The first-order valence-electron chi connectivity index (χ1n) is 6.73. The number of fused-ring (bicyclic) bond motifs is 1. The van der Waals surface area contributed by atoms with Crippen LogP contribution in [0.3, 0.4) is 0 Å². The molecule has 2 N–H and O–H groups in total. The molecule has 1 heterocycles. The van der Waals surface area contributed by atoms with E-state index in [1.165, 1.54) is 12.3 Å². The number of hydrazone groups is 1. The normalized spacial score (nSPS) is 16.5. The van der Waals surface area contributed by atoms with Crippen LogP contribution in [0.1, 0.15) is 5.56 Å². The van der Waals surface area contributed by atoms with Crippen LogP contribution in [0.2, 0.25) is 0 Å². The summed E-state index contributed by atoms with van der Waals surface area (Å²) < 4.78 is 11.0. The topological polar surface area (TPSA) is 80.2 Å². The Bertz CT molecular complexity index is 715. The first kappa shape index (κ1) is 13.9. The average molecular weight is 298 g/mol. The van der Waals surface area contributed by atoms with Gasteiger partial charge < -0.3 is 14.6 Å². The molecule has 0 bridgehead atoms. The second-order valence-electron chi connectivity index (χ2n) is 4.69. The van der Waals surface area contributed by atoms with Gasteiger partial charge in [-0.3, -0.25) is 4.79 Å². The number of carbonyl (C=O) groups excluding carboxylic acids is 1. The van der Waals surface area contributed by atoms with Crippen LogP contribution in [-0.2, 0) is 4.79 Å². The molecule has 1 amide bonds. The van der Waals surface area contributed by atoms with E-state index < -0.39 is 12.0 Å². The summed E-state index contributed by atoms with van der Waals surface area (Å²) >= 11 is 0. The van der Waals surface area contributed by atoms with Gasteiger partial charge in [0.2, 0.25) is 6.10 Å². The SMILES string of the molecule is O=C(N/N=C/c1cccc(O)c1)[C@@H]1COc2ccccc2O1. The molecule has 0 spiro atoms. The van der Waals surface area contributed by atoms with E-state index >= 15 is 0 Å². The molecule has 0 unspecified atom stereocenters. The zero-order valence-electron chi connectivity index (χ0n) is 11.6. The van der Waals surface area contributed by atoms with Gasteiger partial charge in [0.1, 0.15) is 12.4 Å². The summed E-state index contributed by atoms with van der Waals surface area (Å²) in [6.45, 7) is 0.129. The monoisotopic (exact) mass is 298 g/mol. The number of aromatic hydroxyl groups is 1. The van der Waals surface area contributed by atoms with Gasteiger partial charge in [-0.05, 0) is 29.8 Å². The number of hydrogen-bond donors (Lipinski definition) is 2. The number of ether oxygens (including phenoxy) is 2. The lowest BCUT2D eigenvalue weighted by Gasteiger charge is -2.24. The highest BCUT2D eigenvalue weighted by Gasteiger charge is 2.26. The van der Waals surface area contributed by atoms with Crippen molar-refractivity contribution in [1.29, 1.82) is 0 Å². The van der Waals surface area contributed by atoms with Gasteiger partial charge in [-0.15, -0.1) is 0 Å². The maximum Gasteiger partial charge on any atom is 0.284 e. The number of nitrogens with one attached hydrogen (secondary N) is 1. The van der Waals surface area contributed by atoms with Crippen molar-refractivity contribution in [3.63, 3.8) is 0 Å². The molecule has 3 rings (SSSR count). The Morgan fingerprint density at radius 1 is 1.23 bits per heavy atom. The van der Waals surface area contributed by atoms with Gasteiger partial charge in [-0.25, -0.2) is 5.43 Å². The smallest absolute Gasteiger partial charge is 0.284 e. The summed E-state index contributed by atoms with van der Waals surface area (Å²) in [5, 5.41) is 13.2. The van der Waals surface area contributed by atoms with Gasteiger partial charge in [0, 0.05) is 0 Å². The molecule has 0 saturated heterocycles. The maximum atomic E-state index is 12.0. The molecule has 6 heteroatoms. The van der Waals surface area contributed by atoms with Crippen molar-refractivity contribution < 1.29 is 19.4 Å². The van der Waals surface area contributed by atoms with Crippen molar-refractivity contribution in [2.75, 3.05) is 6.61 Å². The molecule has 1 aliphatic rings. The lowest BCUT2D eigenvalue weighted by atomic mass is 10.2. The molecule has 0 aromatic heterocycles. The van der Waals surface area contributed by atoms with Crippen LogP contribution in [-0.4, -0.2) is 29.9 Å². The second-order valence-corrected chi connectivity index (χ2v) is 4.69. The number of amides is 1. The van der Waals surface area contributed by atoms with Crippen LogP contribution in [0, 0.1) is 0 Å². The molecule has 0 radical (unpaired) electrons. The van der Waals surface area contributed by atoms with E-state index in [-0.39, 0.29) is 12.4 Å². The molecule has 112 valence electrons. The minimum absolute atomic E-state index is 0.129. The Kier molecular flexibility index (Phi) is 3.91. The third kappa shape index (κ3) is 3.17. The zero-order valence-corrected chi connectivity index (χ0v) is 11.6. The molecular weight excluding hydrogens is 284 g/mol. The zero-order chi connectivity index (χ0) is 15.4. The summed E-state index contributed by atoms with van der Waals surface area (Å²) in [5.41, 5.74) is 3.07. The predicted molar refractivity (Wildman–Crippen MR) is 80.2 cm³/mol. The summed E-state index contributed by atoms with van der Waals surface area (Å²) in [4.78, 5) is 12.0. The predicted octanol–water partition coefficient (Wildman–Crippen LogP) is 1.68. The van der Waals surface area contributed by atoms with Gasteiger partial charge in [-0.2, -0.15) is 5.10 Å². The Balaban J connectivity index is 1.59. The van der Waals surface area contributed by atoms with Gasteiger partial charge in [-0.1, -0.05) is 24.3 Å². The van der Waals surface area contributed by atoms with Crippen LogP contribution < -0.4 is 14.9 Å². The molecule has 1 aliphatic heterocycles. The highest BCUT2D eigenvalue weighted by Crippen LogP contribution is 2.30. The number of rotatable bonds is 3. The van der Waals surface area contributed by atoms with Crippen molar-refractivity contribution in [2.24, 2.45) is 5.10 Å². The van der Waals surface area contributed by atoms with Crippen molar-refractivity contribution in [3.05, 3.63) is 54.1 Å². The molecule has 0 saturated carbocycles. The van der Waals surface area contributed by atoms with Crippen molar-refractivity contribution in [3.8, 4) is 17.2 Å². The van der Waals surface area contributed by atoms with E-state index in [9.17, 15) is 9.90 Å². The second kappa shape index (κ2) is 6.17. The Morgan fingerprint density at radius 2 is 2.05 bits per heavy atom. The van der Waals surface area contributed by atoms with E-state index in [4.69, 9.17) is 9.47 Å². The summed E-state index contributed by atoms with van der Waals surface area (Å²) in [6, 6.07) is 13.7. The highest BCUT2D eigenvalue weighted by molar-refractivity contribution is 5.85. The van der Waals surface area contributed by atoms with Crippen molar-refractivity contribution in [1.82, 2.24) is 5.43 Å². The number of nitrogens with zero attached hydrogens (tertiary/aromatic N) is 1. The fourth-order valence-electron chi connectivity index (χ4n) is 2.00. The largest absolute Gasteiger partial charge is 0.508 e. The van der Waals surface area contributed by atoms with E-state index in [2.05, 4.69) is 10.5 Å². The van der Waals surface area contributed by atoms with E-state index in [0.29, 0.717) is 17.1 Å². The number of carbonyl (C=O) groups is 1. The maximum absolute atomic E-state index is 12.0. The first-order chi connectivity index (χ1) is 10.7. The van der Waals surface area contributed by atoms with Crippen molar-refractivity contribution >= 4 is 12.1 Å². The number of hydrogen-bond acceptors (Lipinski definition) is 5. The molecule has 0 fully saturated rings. The molecular formula is C16H14N2O4. The van der Waals surface area contributed by atoms with Gasteiger partial charge in [0.15, 0.2) is 11.5 Å². The molecule has 1 atom stereocenters. The van der Waals surface area contributed by atoms with Crippen LogP contribution in [0.4, 0.5) is 0 Å².